The summed E-state index contributed by atoms with van der Waals surface area (Å²) in [6.07, 6.45) is -2.72. The summed E-state index contributed by atoms with van der Waals surface area (Å²) in [4.78, 5) is 14.1. The Morgan fingerprint density at radius 2 is 1.82 bits per heavy atom. The van der Waals surface area contributed by atoms with E-state index in [1.807, 2.05) is 0 Å². The number of imidazole rings is 1. The van der Waals surface area contributed by atoms with Crippen molar-refractivity contribution < 1.29 is 22.0 Å². The van der Waals surface area contributed by atoms with Crippen LogP contribution in [0, 0.1) is 6.92 Å². The lowest BCUT2D eigenvalue weighted by molar-refractivity contribution is -0.140. The molecule has 182 valence electrons. The van der Waals surface area contributed by atoms with Crippen molar-refractivity contribution in [2.75, 3.05) is 31.6 Å². The first-order chi connectivity index (χ1) is 15.8. The molecule has 0 radical (unpaired) electrons. The Balaban J connectivity index is 0.000000291. The fourth-order valence-electron chi connectivity index (χ4n) is 3.82. The zero-order chi connectivity index (χ0) is 24.8. The van der Waals surface area contributed by atoms with Crippen LogP contribution in [0.15, 0.2) is 24.4 Å². The van der Waals surface area contributed by atoms with E-state index in [2.05, 4.69) is 20.1 Å². The number of anilines is 2. The number of likely N-dealkylation sites (tertiary alicyclic amines) is 1. The number of fused-ring (bicyclic) bond motifs is 2. The van der Waals surface area contributed by atoms with Gasteiger partial charge in [-0.3, -0.25) is 0 Å². The van der Waals surface area contributed by atoms with Gasteiger partial charge in [-0.05, 0) is 32.2 Å². The topological polar surface area (TPSA) is 116 Å². The fraction of sp³-hybridized carbons (Fsp3) is 0.400. The van der Waals surface area contributed by atoms with Gasteiger partial charge in [-0.1, -0.05) is 0 Å². The van der Waals surface area contributed by atoms with Crippen LogP contribution in [0.1, 0.15) is 12.2 Å². The molecule has 0 aliphatic carbocycles. The SMILES string of the molecule is CN1CCC(F)(F)C1.Cc1nc2ccc(-c3ccn4nc(N)nc(N)c34)nc2n1CC(F)(F)F. The van der Waals surface area contributed by atoms with E-state index in [4.69, 9.17) is 11.5 Å². The van der Waals surface area contributed by atoms with E-state index in [9.17, 15) is 22.0 Å². The number of halogens is 5. The van der Waals surface area contributed by atoms with Gasteiger partial charge in [0.1, 0.15) is 23.4 Å². The number of aryl methyl sites for hydroxylation is 1. The van der Waals surface area contributed by atoms with Crippen LogP contribution in [0.4, 0.5) is 33.7 Å². The van der Waals surface area contributed by atoms with Crippen LogP contribution in [-0.4, -0.2) is 66.3 Å². The van der Waals surface area contributed by atoms with Crippen LogP contribution in [0.5, 0.6) is 0 Å². The van der Waals surface area contributed by atoms with Crippen molar-refractivity contribution in [3.8, 4) is 11.3 Å². The molecule has 14 heteroatoms. The van der Waals surface area contributed by atoms with Crippen molar-refractivity contribution in [3.05, 3.63) is 30.2 Å². The molecule has 0 spiro atoms. The first-order valence-electron chi connectivity index (χ1n) is 10.2. The number of nitrogens with two attached hydrogens (primary N) is 2. The van der Waals surface area contributed by atoms with Gasteiger partial charge in [-0.15, -0.1) is 5.10 Å². The van der Waals surface area contributed by atoms with Gasteiger partial charge < -0.3 is 20.9 Å². The zero-order valence-corrected chi connectivity index (χ0v) is 18.3. The van der Waals surface area contributed by atoms with E-state index in [0.29, 0.717) is 28.8 Å². The second-order valence-corrected chi connectivity index (χ2v) is 8.12. The summed E-state index contributed by atoms with van der Waals surface area (Å²) >= 11 is 0. The molecule has 0 atom stereocenters. The standard InChI is InChI=1S/C15H13F3N8.C5H9F2N/c1-7-21-10-3-2-9(22-13(10)25(7)6-15(16,17)18)8-4-5-26-11(8)12(19)23-14(20)24-26;1-8-3-2-5(6,7)4-8/h2-5H,6H2,1H3,(H4,19,20,23,24);2-4H2,1H3. The molecule has 9 nitrogen and oxygen atoms in total. The van der Waals surface area contributed by atoms with Crippen molar-refractivity contribution >= 4 is 28.4 Å². The molecule has 4 N–H and O–H groups in total. The second-order valence-electron chi connectivity index (χ2n) is 8.12. The molecule has 0 bridgehead atoms. The van der Waals surface area contributed by atoms with Crippen LogP contribution in [0.3, 0.4) is 0 Å². The molecule has 0 saturated carbocycles. The van der Waals surface area contributed by atoms with Crippen molar-refractivity contribution in [1.82, 2.24) is 34.0 Å². The number of rotatable bonds is 2. The van der Waals surface area contributed by atoms with Gasteiger partial charge in [0.15, 0.2) is 11.5 Å². The average Bonchev–Trinajstić information content (AvgIpc) is 3.36. The van der Waals surface area contributed by atoms with E-state index in [1.54, 1.807) is 36.3 Å². The lowest BCUT2D eigenvalue weighted by atomic mass is 10.2. The van der Waals surface area contributed by atoms with Gasteiger partial charge in [0.05, 0.1) is 12.2 Å². The highest BCUT2D eigenvalue weighted by Gasteiger charge is 2.36. The molecule has 0 amide bonds. The summed E-state index contributed by atoms with van der Waals surface area (Å²) in [6, 6.07) is 4.98. The normalized spacial score (nSPS) is 16.2. The number of nitrogen functional groups attached to an aromatic ring is 2. The maximum Gasteiger partial charge on any atom is 0.406 e. The highest BCUT2D eigenvalue weighted by atomic mass is 19.4. The van der Waals surface area contributed by atoms with Gasteiger partial charge in [-0.25, -0.2) is 23.3 Å². The molecular formula is C20H22F5N9. The van der Waals surface area contributed by atoms with Crippen LogP contribution < -0.4 is 11.5 Å². The molecule has 1 aliphatic rings. The lowest BCUT2D eigenvalue weighted by Gasteiger charge is -2.10. The monoisotopic (exact) mass is 483 g/mol. The van der Waals surface area contributed by atoms with Crippen molar-refractivity contribution in [3.63, 3.8) is 0 Å². The summed E-state index contributed by atoms with van der Waals surface area (Å²) < 4.78 is 65.4. The van der Waals surface area contributed by atoms with E-state index in [0.717, 1.165) is 4.57 Å². The fourth-order valence-corrected chi connectivity index (χ4v) is 3.82. The predicted molar refractivity (Wildman–Crippen MR) is 116 cm³/mol. The third-order valence-electron chi connectivity index (χ3n) is 5.31. The average molecular weight is 483 g/mol. The Labute approximate surface area is 190 Å². The minimum absolute atomic E-state index is 0.0134. The highest BCUT2D eigenvalue weighted by molar-refractivity contribution is 5.88. The smallest absolute Gasteiger partial charge is 0.382 e. The van der Waals surface area contributed by atoms with Gasteiger partial charge in [0, 0.05) is 24.7 Å². The van der Waals surface area contributed by atoms with Gasteiger partial charge in [0.25, 0.3) is 5.92 Å². The molecule has 5 heterocycles. The van der Waals surface area contributed by atoms with Gasteiger partial charge in [-0.2, -0.15) is 18.2 Å². The van der Waals surface area contributed by atoms with E-state index < -0.39 is 18.6 Å². The molecule has 4 aromatic rings. The molecule has 0 aromatic carbocycles. The van der Waals surface area contributed by atoms with E-state index >= 15 is 0 Å². The number of nitrogens with zero attached hydrogens (tertiary/aromatic N) is 7. The second kappa shape index (κ2) is 8.34. The number of hydrogen-bond acceptors (Lipinski definition) is 7. The number of hydrogen-bond donors (Lipinski definition) is 2. The Bertz CT molecular complexity index is 1340. The largest absolute Gasteiger partial charge is 0.406 e. The predicted octanol–water partition coefficient (Wildman–Crippen LogP) is 3.13. The third-order valence-corrected chi connectivity index (χ3v) is 5.31. The summed E-state index contributed by atoms with van der Waals surface area (Å²) in [6.45, 7) is 0.819. The molecule has 0 unspecified atom stereocenters. The first kappa shape index (κ1) is 23.6. The molecular weight excluding hydrogens is 461 g/mol. The maximum absolute atomic E-state index is 12.9. The molecule has 4 aromatic heterocycles. The Morgan fingerprint density at radius 1 is 1.09 bits per heavy atom. The Morgan fingerprint density at radius 3 is 2.41 bits per heavy atom. The minimum atomic E-state index is -4.38. The third kappa shape index (κ3) is 4.85. The quantitative estimate of drug-likeness (QED) is 0.421. The first-order valence-corrected chi connectivity index (χ1v) is 10.2. The number of pyridine rings is 1. The van der Waals surface area contributed by atoms with E-state index in [1.165, 1.54) is 11.4 Å². The van der Waals surface area contributed by atoms with Crippen LogP contribution >= 0.6 is 0 Å². The molecule has 1 aliphatic heterocycles. The highest BCUT2D eigenvalue weighted by Crippen LogP contribution is 2.30. The molecule has 34 heavy (non-hydrogen) atoms. The van der Waals surface area contributed by atoms with Crippen LogP contribution in [0.25, 0.3) is 27.9 Å². The Kier molecular flexibility index (Phi) is 5.79. The summed E-state index contributed by atoms with van der Waals surface area (Å²) in [5.41, 5.74) is 13.5. The zero-order valence-electron chi connectivity index (χ0n) is 18.3. The minimum Gasteiger partial charge on any atom is -0.382 e. The van der Waals surface area contributed by atoms with Gasteiger partial charge in [0.2, 0.25) is 5.95 Å². The molecule has 1 fully saturated rings. The van der Waals surface area contributed by atoms with Crippen LogP contribution in [-0.2, 0) is 6.54 Å². The summed E-state index contributed by atoms with van der Waals surface area (Å²) in [5.74, 6) is -2.01. The summed E-state index contributed by atoms with van der Waals surface area (Å²) in [7, 11) is 1.71. The van der Waals surface area contributed by atoms with Crippen molar-refractivity contribution in [2.24, 2.45) is 0 Å². The number of aromatic nitrogens is 6. The Hall–Kier alpha value is -3.55. The van der Waals surface area contributed by atoms with Crippen molar-refractivity contribution in [2.45, 2.75) is 32.0 Å². The van der Waals surface area contributed by atoms with Gasteiger partial charge >= 0.3 is 6.18 Å². The van der Waals surface area contributed by atoms with Crippen LogP contribution in [0.2, 0.25) is 0 Å². The van der Waals surface area contributed by atoms with Crippen molar-refractivity contribution in [1.29, 1.82) is 0 Å². The molecule has 1 saturated heterocycles. The number of alkyl halides is 5. The lowest BCUT2D eigenvalue weighted by Crippen LogP contribution is -2.21. The summed E-state index contributed by atoms with van der Waals surface area (Å²) in [5, 5.41) is 4.02. The van der Waals surface area contributed by atoms with E-state index in [-0.39, 0.29) is 36.2 Å². The maximum atomic E-state index is 12.9. The molecule has 5 rings (SSSR count).